The molecule has 0 amide bonds. The van der Waals surface area contributed by atoms with Gasteiger partial charge in [0, 0.05) is 0 Å². The molecule has 1 nitrogen and oxygen atoms in total. The molecule has 0 rings (SSSR count). The maximum atomic E-state index is 9.05. The normalized spacial score (nSPS) is 12.3. The van der Waals surface area contributed by atoms with Gasteiger partial charge in [-0.2, -0.15) is 0 Å². The first-order valence-corrected chi connectivity index (χ1v) is 3.14. The molecule has 1 unspecified atom stereocenters. The van der Waals surface area contributed by atoms with Crippen LogP contribution in [0.5, 0.6) is 0 Å². The summed E-state index contributed by atoms with van der Waals surface area (Å²) < 4.78 is 0. The highest BCUT2D eigenvalue weighted by atomic mass is 16.3. The highest BCUT2D eigenvalue weighted by molar-refractivity contribution is 5.23. The molecule has 0 fully saturated rings. The maximum Gasteiger partial charge on any atom is 0.136 e. The predicted octanol–water partition coefficient (Wildman–Crippen LogP) is 1.50. The zero-order valence-corrected chi connectivity index (χ0v) is 6.39. The van der Waals surface area contributed by atoms with E-state index < -0.39 is 6.10 Å². The fourth-order valence-electron chi connectivity index (χ4n) is 0.334. The van der Waals surface area contributed by atoms with E-state index >= 15 is 0 Å². The molecular formula is C9H12O. The van der Waals surface area contributed by atoms with E-state index in [1.165, 1.54) is 0 Å². The quantitative estimate of drug-likeness (QED) is 0.428. The lowest BCUT2D eigenvalue weighted by Gasteiger charge is -1.97. The van der Waals surface area contributed by atoms with Crippen molar-refractivity contribution in [2.45, 2.75) is 20.0 Å². The van der Waals surface area contributed by atoms with Gasteiger partial charge in [-0.3, -0.25) is 0 Å². The fourth-order valence-corrected chi connectivity index (χ4v) is 0.334. The summed E-state index contributed by atoms with van der Waals surface area (Å²) >= 11 is 0. The number of hydrogen-bond donors (Lipinski definition) is 1. The Hall–Kier alpha value is -1.00. The summed E-state index contributed by atoms with van der Waals surface area (Å²) in [6, 6.07) is 0. The summed E-state index contributed by atoms with van der Waals surface area (Å²) in [5.74, 6) is 5.28. The summed E-state index contributed by atoms with van der Waals surface area (Å²) in [5.41, 5.74) is 0.678. The average Bonchev–Trinajstić information content (AvgIpc) is 1.88. The molecule has 0 bridgehead atoms. The first-order valence-electron chi connectivity index (χ1n) is 3.14. The van der Waals surface area contributed by atoms with Gasteiger partial charge in [0.25, 0.3) is 0 Å². The third-order valence-electron chi connectivity index (χ3n) is 0.937. The van der Waals surface area contributed by atoms with Crippen molar-refractivity contribution in [2.75, 3.05) is 0 Å². The molecule has 1 atom stereocenters. The van der Waals surface area contributed by atoms with E-state index in [0.29, 0.717) is 5.57 Å². The van der Waals surface area contributed by atoms with Gasteiger partial charge in [-0.1, -0.05) is 24.5 Å². The topological polar surface area (TPSA) is 20.2 Å². The lowest BCUT2D eigenvalue weighted by molar-refractivity contribution is 0.269. The summed E-state index contributed by atoms with van der Waals surface area (Å²) in [6.45, 7) is 7.18. The van der Waals surface area contributed by atoms with E-state index in [1.54, 1.807) is 13.0 Å². The Morgan fingerprint density at radius 3 is 2.70 bits per heavy atom. The van der Waals surface area contributed by atoms with Crippen LogP contribution in [0.2, 0.25) is 0 Å². The Balaban J connectivity index is 3.92. The number of aliphatic hydroxyl groups excluding tert-OH is 1. The van der Waals surface area contributed by atoms with Crippen LogP contribution in [0.25, 0.3) is 0 Å². The van der Waals surface area contributed by atoms with Crippen molar-refractivity contribution < 1.29 is 5.11 Å². The Morgan fingerprint density at radius 1 is 1.70 bits per heavy atom. The molecule has 0 aromatic rings. The first-order chi connectivity index (χ1) is 4.68. The van der Waals surface area contributed by atoms with Crippen molar-refractivity contribution in [3.63, 3.8) is 0 Å². The van der Waals surface area contributed by atoms with E-state index in [4.69, 9.17) is 5.11 Å². The van der Waals surface area contributed by atoms with Crippen LogP contribution in [0.3, 0.4) is 0 Å². The van der Waals surface area contributed by atoms with Crippen LogP contribution in [0.4, 0.5) is 0 Å². The van der Waals surface area contributed by atoms with Crippen molar-refractivity contribution in [3.05, 3.63) is 24.3 Å². The monoisotopic (exact) mass is 136 g/mol. The van der Waals surface area contributed by atoms with Crippen LogP contribution < -0.4 is 0 Å². The standard InChI is InChI=1S/C9H12O/c1-4-5-6-7-9(10)8(2)3/h4-5,9-10H,2H2,1,3H3/b5-4+. The fraction of sp³-hybridized carbons (Fsp3) is 0.333. The molecule has 0 saturated heterocycles. The van der Waals surface area contributed by atoms with Gasteiger partial charge in [0.2, 0.25) is 0 Å². The van der Waals surface area contributed by atoms with E-state index in [0.717, 1.165) is 0 Å². The van der Waals surface area contributed by atoms with Gasteiger partial charge in [-0.05, 0) is 25.5 Å². The Morgan fingerprint density at radius 2 is 2.30 bits per heavy atom. The molecule has 0 aliphatic carbocycles. The molecule has 1 N–H and O–H groups in total. The van der Waals surface area contributed by atoms with Crippen molar-refractivity contribution in [1.82, 2.24) is 0 Å². The van der Waals surface area contributed by atoms with Crippen molar-refractivity contribution in [1.29, 1.82) is 0 Å². The first kappa shape index (κ1) is 9.00. The van der Waals surface area contributed by atoms with Crippen LogP contribution in [-0.2, 0) is 0 Å². The zero-order chi connectivity index (χ0) is 7.98. The van der Waals surface area contributed by atoms with Crippen LogP contribution in [0.15, 0.2) is 24.3 Å². The molecule has 10 heavy (non-hydrogen) atoms. The predicted molar refractivity (Wildman–Crippen MR) is 43.4 cm³/mol. The number of allylic oxidation sites excluding steroid dienone is 2. The van der Waals surface area contributed by atoms with E-state index in [-0.39, 0.29) is 0 Å². The lowest BCUT2D eigenvalue weighted by atomic mass is 10.2. The van der Waals surface area contributed by atoms with E-state index in [1.807, 2.05) is 13.0 Å². The van der Waals surface area contributed by atoms with Gasteiger partial charge in [0.15, 0.2) is 0 Å². The number of hydrogen-bond acceptors (Lipinski definition) is 1. The molecule has 0 aliphatic heterocycles. The highest BCUT2D eigenvalue weighted by Crippen LogP contribution is 1.93. The number of aliphatic hydroxyl groups is 1. The SMILES string of the molecule is C=C(C)C(O)C#C/C=C/C. The summed E-state index contributed by atoms with van der Waals surface area (Å²) in [7, 11) is 0. The van der Waals surface area contributed by atoms with Crippen LogP contribution in [0, 0.1) is 11.8 Å². The van der Waals surface area contributed by atoms with Gasteiger partial charge in [-0.15, -0.1) is 0 Å². The van der Waals surface area contributed by atoms with Gasteiger partial charge in [-0.25, -0.2) is 0 Å². The van der Waals surface area contributed by atoms with Gasteiger partial charge in [0.1, 0.15) is 6.10 Å². The van der Waals surface area contributed by atoms with Crippen molar-refractivity contribution >= 4 is 0 Å². The Bertz CT molecular complexity index is 191. The van der Waals surface area contributed by atoms with Crippen molar-refractivity contribution in [2.24, 2.45) is 0 Å². The molecule has 0 radical (unpaired) electrons. The average molecular weight is 136 g/mol. The molecule has 0 saturated carbocycles. The Labute approximate surface area is 62.1 Å². The minimum atomic E-state index is -0.684. The summed E-state index contributed by atoms with van der Waals surface area (Å²) in [4.78, 5) is 0. The minimum absolute atomic E-state index is 0.678. The molecular weight excluding hydrogens is 124 g/mol. The second-order valence-corrected chi connectivity index (χ2v) is 2.04. The largest absolute Gasteiger partial charge is 0.376 e. The maximum absolute atomic E-state index is 9.05. The van der Waals surface area contributed by atoms with Crippen LogP contribution in [0.1, 0.15) is 13.8 Å². The third kappa shape index (κ3) is 3.94. The smallest absolute Gasteiger partial charge is 0.136 e. The summed E-state index contributed by atoms with van der Waals surface area (Å²) in [5, 5.41) is 9.05. The van der Waals surface area contributed by atoms with Gasteiger partial charge in [0.05, 0.1) is 0 Å². The molecule has 0 spiro atoms. The van der Waals surface area contributed by atoms with E-state index in [2.05, 4.69) is 18.4 Å². The molecule has 0 aromatic carbocycles. The Kier molecular flexibility index (Phi) is 4.36. The lowest BCUT2D eigenvalue weighted by Crippen LogP contribution is -2.02. The highest BCUT2D eigenvalue weighted by Gasteiger charge is 1.95. The molecule has 1 heteroatoms. The van der Waals surface area contributed by atoms with Crippen LogP contribution >= 0.6 is 0 Å². The van der Waals surface area contributed by atoms with E-state index in [9.17, 15) is 0 Å². The molecule has 0 aliphatic rings. The molecule has 0 aromatic heterocycles. The van der Waals surface area contributed by atoms with Crippen molar-refractivity contribution in [3.8, 4) is 11.8 Å². The third-order valence-corrected chi connectivity index (χ3v) is 0.937. The summed E-state index contributed by atoms with van der Waals surface area (Å²) in [6.07, 6.45) is 2.82. The van der Waals surface area contributed by atoms with Gasteiger partial charge >= 0.3 is 0 Å². The second kappa shape index (κ2) is 4.84. The van der Waals surface area contributed by atoms with Crippen LogP contribution in [-0.4, -0.2) is 11.2 Å². The van der Waals surface area contributed by atoms with Gasteiger partial charge < -0.3 is 5.11 Å². The second-order valence-electron chi connectivity index (χ2n) is 2.04. The minimum Gasteiger partial charge on any atom is -0.376 e. The molecule has 54 valence electrons. The molecule has 0 heterocycles. The number of rotatable bonds is 1. The zero-order valence-electron chi connectivity index (χ0n) is 6.39.